The van der Waals surface area contributed by atoms with Crippen LogP contribution in [-0.2, 0) is 10.1 Å². The fourth-order valence-electron chi connectivity index (χ4n) is 4.21. The lowest BCUT2D eigenvalue weighted by molar-refractivity contribution is -0.929. The van der Waals surface area contributed by atoms with Gasteiger partial charge in [-0.25, -0.2) is 8.42 Å². The third-order valence-electron chi connectivity index (χ3n) is 5.80. The van der Waals surface area contributed by atoms with Crippen LogP contribution < -0.4 is 0 Å². The predicted molar refractivity (Wildman–Crippen MR) is 128 cm³/mol. The number of unbranched alkanes of at least 4 members (excludes halogenated alkanes) is 4. The second-order valence-electron chi connectivity index (χ2n) is 8.83. The fourth-order valence-corrected chi connectivity index (χ4v) is 5.11. The molecule has 1 aromatic carbocycles. The Labute approximate surface area is 187 Å². The van der Waals surface area contributed by atoms with Gasteiger partial charge in [0, 0.05) is 0 Å². The zero-order valence-electron chi connectivity index (χ0n) is 20.7. The molecule has 0 aromatic heterocycles. The number of hydrogen-bond donors (Lipinski definition) is 0. The maximum Gasteiger partial charge on any atom is 0.124 e. The Balaban J connectivity index is 0.000000579. The monoisotopic (exact) mass is 441 g/mol. The molecule has 0 bridgehead atoms. The molecule has 0 atom stereocenters. The van der Waals surface area contributed by atoms with E-state index in [1.54, 1.807) is 26.0 Å². The minimum absolute atomic E-state index is 0.0851. The maximum atomic E-state index is 10.8. The SMILES string of the molecule is CCCC[N+](CCCC)(CCCC)CCCC.Cc1cc(C)c(S(=O)(=O)[O-])c(C)c1. The highest BCUT2D eigenvalue weighted by Crippen LogP contribution is 2.21. The van der Waals surface area contributed by atoms with E-state index in [0.717, 1.165) is 5.56 Å². The molecule has 5 heteroatoms. The summed E-state index contributed by atoms with van der Waals surface area (Å²) < 4.78 is 33.9. The Bertz CT molecular complexity index is 638. The molecule has 0 aliphatic rings. The average Bonchev–Trinajstić information content (AvgIpc) is 2.65. The zero-order chi connectivity index (χ0) is 23.2. The van der Waals surface area contributed by atoms with Gasteiger partial charge in [0.2, 0.25) is 0 Å². The summed E-state index contributed by atoms with van der Waals surface area (Å²) in [4.78, 5) is -0.0851. The van der Waals surface area contributed by atoms with Crippen molar-refractivity contribution < 1.29 is 17.5 Å². The molecule has 1 rings (SSSR count). The topological polar surface area (TPSA) is 57.2 Å². The summed E-state index contributed by atoms with van der Waals surface area (Å²) in [6, 6.07) is 3.38. The molecular weight excluding hydrogens is 394 g/mol. The molecule has 0 fully saturated rings. The van der Waals surface area contributed by atoms with Crippen LogP contribution in [0.25, 0.3) is 0 Å². The van der Waals surface area contributed by atoms with Gasteiger partial charge in [0.15, 0.2) is 0 Å². The van der Waals surface area contributed by atoms with Gasteiger partial charge >= 0.3 is 0 Å². The van der Waals surface area contributed by atoms with E-state index in [9.17, 15) is 13.0 Å². The van der Waals surface area contributed by atoms with Crippen molar-refractivity contribution >= 4 is 10.1 Å². The molecule has 0 unspecified atom stereocenters. The van der Waals surface area contributed by atoms with Gasteiger partial charge in [0.1, 0.15) is 10.1 Å². The second-order valence-corrected chi connectivity index (χ2v) is 10.1. The largest absolute Gasteiger partial charge is 0.744 e. The van der Waals surface area contributed by atoms with Crippen molar-refractivity contribution in [1.29, 1.82) is 0 Å². The van der Waals surface area contributed by atoms with Crippen molar-refractivity contribution in [2.24, 2.45) is 0 Å². The number of quaternary nitrogens is 1. The van der Waals surface area contributed by atoms with Gasteiger partial charge in [-0.2, -0.15) is 0 Å². The fraction of sp³-hybridized carbons (Fsp3) is 0.760. The third-order valence-corrected chi connectivity index (χ3v) is 6.94. The molecular formula is C25H47NO3S. The van der Waals surface area contributed by atoms with Crippen LogP contribution in [0.1, 0.15) is 95.8 Å². The van der Waals surface area contributed by atoms with Crippen molar-refractivity contribution in [2.75, 3.05) is 26.2 Å². The summed E-state index contributed by atoms with van der Waals surface area (Å²) in [5, 5.41) is 0. The van der Waals surface area contributed by atoms with E-state index in [1.807, 2.05) is 6.92 Å². The first kappa shape index (κ1) is 29.1. The third kappa shape index (κ3) is 10.9. The number of benzene rings is 1. The highest BCUT2D eigenvalue weighted by atomic mass is 32.2. The summed E-state index contributed by atoms with van der Waals surface area (Å²) >= 11 is 0. The van der Waals surface area contributed by atoms with E-state index in [-0.39, 0.29) is 4.90 Å². The lowest BCUT2D eigenvalue weighted by atomic mass is 10.1. The van der Waals surface area contributed by atoms with Gasteiger partial charge in [-0.3, -0.25) is 0 Å². The number of nitrogens with zero attached hydrogens (tertiary/aromatic N) is 1. The second kappa shape index (κ2) is 15.0. The van der Waals surface area contributed by atoms with Gasteiger partial charge < -0.3 is 9.04 Å². The quantitative estimate of drug-likeness (QED) is 0.259. The molecule has 4 nitrogen and oxygen atoms in total. The van der Waals surface area contributed by atoms with E-state index in [2.05, 4.69) is 27.7 Å². The van der Waals surface area contributed by atoms with Crippen molar-refractivity contribution in [3.63, 3.8) is 0 Å². The first-order valence-electron chi connectivity index (χ1n) is 12.0. The predicted octanol–water partition coefficient (Wildman–Crippen LogP) is 6.52. The summed E-state index contributed by atoms with van der Waals surface area (Å²) in [6.45, 7) is 20.1. The molecule has 0 aliphatic carbocycles. The summed E-state index contributed by atoms with van der Waals surface area (Å²) in [5.74, 6) is 0. The molecule has 0 saturated carbocycles. The van der Waals surface area contributed by atoms with Crippen molar-refractivity contribution in [3.05, 3.63) is 28.8 Å². The van der Waals surface area contributed by atoms with Gasteiger partial charge in [0.05, 0.1) is 31.1 Å². The highest BCUT2D eigenvalue weighted by molar-refractivity contribution is 7.85. The molecule has 0 N–H and O–H groups in total. The number of aryl methyl sites for hydroxylation is 3. The van der Waals surface area contributed by atoms with Crippen LogP contribution in [0.4, 0.5) is 0 Å². The van der Waals surface area contributed by atoms with Gasteiger partial charge in [0.25, 0.3) is 0 Å². The van der Waals surface area contributed by atoms with Crippen LogP contribution in [0.2, 0.25) is 0 Å². The number of rotatable bonds is 13. The van der Waals surface area contributed by atoms with Crippen LogP contribution in [0.5, 0.6) is 0 Å². The van der Waals surface area contributed by atoms with Crippen LogP contribution in [0.3, 0.4) is 0 Å². The Morgan fingerprint density at radius 2 is 1.00 bits per heavy atom. The van der Waals surface area contributed by atoms with Crippen molar-refractivity contribution in [3.8, 4) is 0 Å². The molecule has 1 aromatic rings. The Kier molecular flexibility index (Phi) is 14.5. The van der Waals surface area contributed by atoms with Crippen LogP contribution in [-0.4, -0.2) is 43.6 Å². The van der Waals surface area contributed by atoms with E-state index in [0.29, 0.717) is 11.1 Å². The highest BCUT2D eigenvalue weighted by Gasteiger charge is 2.24. The van der Waals surface area contributed by atoms with Crippen molar-refractivity contribution in [1.82, 2.24) is 0 Å². The van der Waals surface area contributed by atoms with Crippen LogP contribution >= 0.6 is 0 Å². The average molecular weight is 442 g/mol. The van der Waals surface area contributed by atoms with Crippen molar-refractivity contribution in [2.45, 2.75) is 105 Å². The Morgan fingerprint density at radius 1 is 0.700 bits per heavy atom. The molecule has 0 heterocycles. The van der Waals surface area contributed by atoms with Crippen LogP contribution in [0, 0.1) is 20.8 Å². The smallest absolute Gasteiger partial charge is 0.124 e. The van der Waals surface area contributed by atoms with Gasteiger partial charge in [-0.05, 0) is 57.6 Å². The zero-order valence-corrected chi connectivity index (χ0v) is 21.5. The molecule has 0 aliphatic heterocycles. The summed E-state index contributed by atoms with van der Waals surface area (Å²) in [6.07, 6.45) is 11.1. The van der Waals surface area contributed by atoms with E-state index in [4.69, 9.17) is 0 Å². The van der Waals surface area contributed by atoms with E-state index < -0.39 is 10.1 Å². The first-order valence-corrected chi connectivity index (χ1v) is 13.4. The summed E-state index contributed by atoms with van der Waals surface area (Å²) in [5.41, 5.74) is 2.00. The standard InChI is InChI=1S/C16H36N.C9H12O3S/c1-5-9-13-17(14-10-6-2,15-11-7-3)16-12-8-4;1-6-4-7(2)9(8(3)5-6)13(10,11)12/h5-16H2,1-4H3;4-5H,1-3H3,(H,10,11,12)/q+1;/p-1. The Morgan fingerprint density at radius 3 is 1.23 bits per heavy atom. The normalized spacial score (nSPS) is 11.9. The van der Waals surface area contributed by atoms with Gasteiger partial charge in [-0.1, -0.05) is 71.1 Å². The molecule has 0 amide bonds. The van der Waals surface area contributed by atoms with Crippen LogP contribution in [0.15, 0.2) is 17.0 Å². The lowest BCUT2D eigenvalue weighted by Crippen LogP contribution is -2.50. The lowest BCUT2D eigenvalue weighted by Gasteiger charge is -2.39. The van der Waals surface area contributed by atoms with E-state index >= 15 is 0 Å². The molecule has 176 valence electrons. The minimum atomic E-state index is -4.33. The molecule has 0 spiro atoms. The maximum absolute atomic E-state index is 10.8. The van der Waals surface area contributed by atoms with Gasteiger partial charge in [-0.15, -0.1) is 0 Å². The minimum Gasteiger partial charge on any atom is -0.744 e. The molecule has 30 heavy (non-hydrogen) atoms. The number of hydrogen-bond acceptors (Lipinski definition) is 3. The molecule has 0 saturated heterocycles. The molecule has 0 radical (unpaired) electrons. The summed E-state index contributed by atoms with van der Waals surface area (Å²) in [7, 11) is -4.33. The van der Waals surface area contributed by atoms with E-state index in [1.165, 1.54) is 82.0 Å². The first-order chi connectivity index (χ1) is 14.1. The Hall–Kier alpha value is -0.910.